The van der Waals surface area contributed by atoms with Crippen molar-refractivity contribution >= 4 is 43.9 Å². The summed E-state index contributed by atoms with van der Waals surface area (Å²) in [6.07, 6.45) is 6.86. The Hall–Kier alpha value is -2.33. The molecular weight excluding hydrogens is 376 g/mol. The van der Waals surface area contributed by atoms with E-state index in [1.54, 1.807) is 12.1 Å². The molecule has 0 aliphatic carbocycles. The second-order valence-electron chi connectivity index (χ2n) is 5.62. The molecule has 2 aromatic rings. The largest absolute Gasteiger partial charge is 0.326 e. The number of nitrogens with one attached hydrogen (secondary N) is 2. The molecule has 26 heavy (non-hydrogen) atoms. The maximum atomic E-state index is 12.3. The first kappa shape index (κ1) is 20.0. The Morgan fingerprint density at radius 3 is 2.62 bits per heavy atom. The van der Waals surface area contributed by atoms with Crippen molar-refractivity contribution < 1.29 is 18.0 Å². The normalized spacial score (nSPS) is 11.2. The average Bonchev–Trinajstić information content (AvgIpc) is 3.04. The number of pyridine rings is 1. The van der Waals surface area contributed by atoms with E-state index in [4.69, 9.17) is 0 Å². The second-order valence-corrected chi connectivity index (χ2v) is 8.89. The van der Waals surface area contributed by atoms with Crippen LogP contribution < -0.4 is 10.6 Å². The molecule has 0 saturated heterocycles. The highest BCUT2D eigenvalue weighted by molar-refractivity contribution is 7.92. The number of Topliss-reactive ketones (excluding diaryl/α,β-unsaturated/α-hetero) is 1. The first-order valence-electron chi connectivity index (χ1n) is 8.03. The number of hydrogen-bond donors (Lipinski definition) is 2. The van der Waals surface area contributed by atoms with E-state index in [1.807, 2.05) is 0 Å². The van der Waals surface area contributed by atoms with Crippen molar-refractivity contribution in [2.24, 2.45) is 0 Å². The van der Waals surface area contributed by atoms with Crippen molar-refractivity contribution in [1.82, 2.24) is 9.97 Å². The fourth-order valence-corrected chi connectivity index (χ4v) is 3.76. The number of ketones is 1. The highest BCUT2D eigenvalue weighted by atomic mass is 32.2. The van der Waals surface area contributed by atoms with Crippen LogP contribution in [0.15, 0.2) is 28.7 Å². The second kappa shape index (κ2) is 8.86. The van der Waals surface area contributed by atoms with Crippen LogP contribution in [0.2, 0.25) is 0 Å². The number of aromatic nitrogens is 2. The van der Waals surface area contributed by atoms with E-state index >= 15 is 0 Å². The van der Waals surface area contributed by atoms with Crippen LogP contribution >= 0.6 is 11.3 Å². The van der Waals surface area contributed by atoms with Crippen molar-refractivity contribution in [2.45, 2.75) is 36.8 Å². The SMILES string of the molecule is CCCCCC(=O)c1cccnc1NC(=O)Nc1ncc(S(C)(=O)=O)s1. The minimum Gasteiger partial charge on any atom is -0.294 e. The van der Waals surface area contributed by atoms with Crippen LogP contribution in [-0.2, 0) is 9.84 Å². The third-order valence-electron chi connectivity index (χ3n) is 3.42. The van der Waals surface area contributed by atoms with E-state index in [1.165, 1.54) is 12.4 Å². The molecule has 0 aromatic carbocycles. The average molecular weight is 396 g/mol. The van der Waals surface area contributed by atoms with Gasteiger partial charge >= 0.3 is 6.03 Å². The van der Waals surface area contributed by atoms with Gasteiger partial charge in [0.1, 0.15) is 10.0 Å². The number of nitrogens with zero attached hydrogens (tertiary/aromatic N) is 2. The molecule has 0 atom stereocenters. The Morgan fingerprint density at radius 1 is 1.19 bits per heavy atom. The Labute approximate surface area is 156 Å². The molecule has 10 heteroatoms. The maximum absolute atomic E-state index is 12.3. The number of rotatable bonds is 8. The zero-order chi connectivity index (χ0) is 19.2. The van der Waals surface area contributed by atoms with Crippen LogP contribution in [0.25, 0.3) is 0 Å². The number of amides is 2. The zero-order valence-electron chi connectivity index (χ0n) is 14.5. The van der Waals surface area contributed by atoms with Gasteiger partial charge < -0.3 is 0 Å². The molecular formula is C16H20N4O4S2. The highest BCUT2D eigenvalue weighted by Gasteiger charge is 2.16. The van der Waals surface area contributed by atoms with Crippen molar-refractivity contribution in [3.63, 3.8) is 0 Å². The molecule has 2 amide bonds. The van der Waals surface area contributed by atoms with Crippen molar-refractivity contribution in [1.29, 1.82) is 0 Å². The minimum atomic E-state index is -3.38. The number of hydrogen-bond acceptors (Lipinski definition) is 7. The lowest BCUT2D eigenvalue weighted by molar-refractivity contribution is 0.0980. The molecule has 2 aromatic heterocycles. The van der Waals surface area contributed by atoms with Crippen LogP contribution in [0.1, 0.15) is 43.0 Å². The molecule has 2 rings (SSSR count). The Morgan fingerprint density at radius 2 is 1.96 bits per heavy atom. The van der Waals surface area contributed by atoms with Gasteiger partial charge in [0.25, 0.3) is 0 Å². The third kappa shape index (κ3) is 5.60. The smallest absolute Gasteiger partial charge is 0.294 e. The van der Waals surface area contributed by atoms with Crippen LogP contribution in [0.5, 0.6) is 0 Å². The van der Waals surface area contributed by atoms with Gasteiger partial charge in [-0.3, -0.25) is 15.4 Å². The first-order chi connectivity index (χ1) is 12.3. The summed E-state index contributed by atoms with van der Waals surface area (Å²) in [5.41, 5.74) is 0.342. The topological polar surface area (TPSA) is 118 Å². The Kier molecular flexibility index (Phi) is 6.81. The summed E-state index contributed by atoms with van der Waals surface area (Å²) in [6.45, 7) is 2.06. The van der Waals surface area contributed by atoms with E-state index in [-0.39, 0.29) is 20.9 Å². The van der Waals surface area contributed by atoms with E-state index in [0.29, 0.717) is 12.0 Å². The molecule has 0 radical (unpaired) electrons. The molecule has 0 unspecified atom stereocenters. The van der Waals surface area contributed by atoms with Crippen molar-refractivity contribution in [3.8, 4) is 0 Å². The minimum absolute atomic E-state index is 0.0532. The van der Waals surface area contributed by atoms with Gasteiger partial charge in [-0.2, -0.15) is 0 Å². The van der Waals surface area contributed by atoms with Gasteiger partial charge in [0.05, 0.1) is 11.8 Å². The van der Waals surface area contributed by atoms with Gasteiger partial charge in [-0.15, -0.1) is 0 Å². The fraction of sp³-hybridized carbons (Fsp3) is 0.375. The lowest BCUT2D eigenvalue weighted by Crippen LogP contribution is -2.21. The lowest BCUT2D eigenvalue weighted by atomic mass is 10.1. The number of carbonyl (C=O) groups is 2. The van der Waals surface area contributed by atoms with Crippen LogP contribution in [0.3, 0.4) is 0 Å². The van der Waals surface area contributed by atoms with Gasteiger partial charge in [0.2, 0.25) is 0 Å². The Bertz CT molecular complexity index is 893. The standard InChI is InChI=1S/C16H20N4O4S2/c1-3-4-5-8-12(21)11-7-6-9-17-14(11)19-15(22)20-16-18-10-13(25-16)26(2,23)24/h6-7,9-10H,3-5,8H2,1-2H3,(H2,17,18,19,20,22). The van der Waals surface area contributed by atoms with Crippen molar-refractivity contribution in [2.75, 3.05) is 16.9 Å². The number of anilines is 2. The number of thiazole rings is 1. The number of sulfone groups is 1. The summed E-state index contributed by atoms with van der Waals surface area (Å²) >= 11 is 0.844. The highest BCUT2D eigenvalue weighted by Crippen LogP contribution is 2.23. The molecule has 2 heterocycles. The first-order valence-corrected chi connectivity index (χ1v) is 10.7. The third-order valence-corrected chi connectivity index (χ3v) is 6.12. The molecule has 8 nitrogen and oxygen atoms in total. The maximum Gasteiger partial charge on any atom is 0.326 e. The van der Waals surface area contributed by atoms with Crippen LogP contribution in [0, 0.1) is 0 Å². The summed E-state index contributed by atoms with van der Waals surface area (Å²) < 4.78 is 22.9. The summed E-state index contributed by atoms with van der Waals surface area (Å²) in [6, 6.07) is 2.60. The fourth-order valence-electron chi connectivity index (χ4n) is 2.12. The molecule has 140 valence electrons. The molecule has 0 aliphatic rings. The summed E-state index contributed by atoms with van der Waals surface area (Å²) in [5.74, 6) is 0.0712. The van der Waals surface area contributed by atoms with Crippen LogP contribution in [-0.4, -0.2) is 36.5 Å². The monoisotopic (exact) mass is 396 g/mol. The summed E-state index contributed by atoms with van der Waals surface area (Å²) in [5, 5.41) is 5.09. The molecule has 0 saturated carbocycles. The van der Waals surface area contributed by atoms with Gasteiger partial charge in [0, 0.05) is 18.9 Å². The van der Waals surface area contributed by atoms with E-state index in [2.05, 4.69) is 27.5 Å². The summed E-state index contributed by atoms with van der Waals surface area (Å²) in [4.78, 5) is 32.3. The Balaban J connectivity index is 2.05. The van der Waals surface area contributed by atoms with Crippen LogP contribution in [0.4, 0.5) is 15.7 Å². The van der Waals surface area contributed by atoms with E-state index in [0.717, 1.165) is 36.9 Å². The number of carbonyl (C=O) groups excluding carboxylic acids is 2. The molecule has 0 fully saturated rings. The quantitative estimate of drug-likeness (QED) is 0.522. The molecule has 2 N–H and O–H groups in total. The molecule has 0 aliphatic heterocycles. The van der Waals surface area contributed by atoms with Gasteiger partial charge in [-0.25, -0.2) is 23.2 Å². The number of urea groups is 1. The molecule has 0 spiro atoms. The predicted molar refractivity (Wildman–Crippen MR) is 101 cm³/mol. The predicted octanol–water partition coefficient (Wildman–Crippen LogP) is 3.35. The van der Waals surface area contributed by atoms with E-state index in [9.17, 15) is 18.0 Å². The van der Waals surface area contributed by atoms with Gasteiger partial charge in [-0.1, -0.05) is 31.1 Å². The summed E-state index contributed by atoms with van der Waals surface area (Å²) in [7, 11) is -3.38. The number of unbranched alkanes of at least 4 members (excludes halogenated alkanes) is 2. The van der Waals surface area contributed by atoms with Gasteiger partial charge in [-0.05, 0) is 18.6 Å². The van der Waals surface area contributed by atoms with Crippen molar-refractivity contribution in [3.05, 3.63) is 30.1 Å². The zero-order valence-corrected chi connectivity index (χ0v) is 16.1. The molecule has 0 bridgehead atoms. The lowest BCUT2D eigenvalue weighted by Gasteiger charge is -2.09. The van der Waals surface area contributed by atoms with Gasteiger partial charge in [0.15, 0.2) is 20.8 Å². The van der Waals surface area contributed by atoms with E-state index < -0.39 is 15.9 Å².